The van der Waals surface area contributed by atoms with Crippen molar-refractivity contribution >= 4 is 0 Å². The van der Waals surface area contributed by atoms with Crippen LogP contribution in [0.5, 0.6) is 0 Å². The molecule has 0 aliphatic carbocycles. The Bertz CT molecular complexity index is 140. The third-order valence-electron chi connectivity index (χ3n) is 2.80. The Labute approximate surface area is 78.5 Å². The summed E-state index contributed by atoms with van der Waals surface area (Å²) in [6.07, 6.45) is -1.06. The van der Waals surface area contributed by atoms with E-state index in [0.717, 1.165) is 12.8 Å². The maximum atomic E-state index is 12.5. The van der Waals surface area contributed by atoms with E-state index in [9.17, 15) is 13.2 Å². The first-order valence-corrected chi connectivity index (χ1v) is 4.94. The molecule has 0 heterocycles. The van der Waals surface area contributed by atoms with Gasteiger partial charge in [-0.05, 0) is 12.8 Å². The average molecular weight is 196 g/mol. The largest absolute Gasteiger partial charge is 0.394 e. The van der Waals surface area contributed by atoms with Gasteiger partial charge in [-0.15, -0.1) is 0 Å². The van der Waals surface area contributed by atoms with Crippen molar-refractivity contribution in [3.8, 4) is 0 Å². The summed E-state index contributed by atoms with van der Waals surface area (Å²) in [5.41, 5.74) is -1.47. The predicted molar refractivity (Wildman–Crippen MR) is 48.6 cm³/mol. The lowest BCUT2D eigenvalue weighted by Gasteiger charge is -2.30. The van der Waals surface area contributed by atoms with E-state index in [-0.39, 0.29) is 12.8 Å². The zero-order valence-electron chi connectivity index (χ0n) is 8.67. The van der Waals surface area contributed by atoms with Crippen LogP contribution < -0.4 is 0 Å². The quantitative estimate of drug-likeness (QED) is 0.566. The Morgan fingerprint density at radius 2 is 1.54 bits per heavy atom. The van der Waals surface area contributed by atoms with Gasteiger partial charge in [-0.3, -0.25) is 0 Å². The van der Waals surface area contributed by atoms with Gasteiger partial charge in [-0.25, -0.2) is 0 Å². The normalized spacial score (nSPS) is 17.1. The summed E-state index contributed by atoms with van der Waals surface area (Å²) in [5, 5.41) is 0. The summed E-state index contributed by atoms with van der Waals surface area (Å²) < 4.78 is 37.6. The van der Waals surface area contributed by atoms with Crippen molar-refractivity contribution in [1.82, 2.24) is 0 Å². The van der Waals surface area contributed by atoms with Gasteiger partial charge in [0.1, 0.15) is 0 Å². The van der Waals surface area contributed by atoms with Gasteiger partial charge in [-0.2, -0.15) is 13.2 Å². The van der Waals surface area contributed by atoms with Crippen LogP contribution in [0.25, 0.3) is 0 Å². The molecule has 0 aromatic rings. The highest BCUT2D eigenvalue weighted by Crippen LogP contribution is 2.44. The fraction of sp³-hybridized carbons (Fsp3) is 1.00. The molecule has 80 valence electrons. The molecule has 0 saturated carbocycles. The number of rotatable bonds is 5. The number of hydrogen-bond acceptors (Lipinski definition) is 0. The van der Waals surface area contributed by atoms with Gasteiger partial charge < -0.3 is 0 Å². The summed E-state index contributed by atoms with van der Waals surface area (Å²) in [6.45, 7) is 4.93. The van der Waals surface area contributed by atoms with E-state index in [0.29, 0.717) is 6.42 Å². The van der Waals surface area contributed by atoms with E-state index in [1.807, 2.05) is 6.92 Å². The van der Waals surface area contributed by atoms with Gasteiger partial charge in [0, 0.05) is 0 Å². The molecule has 0 aliphatic rings. The molecule has 0 saturated heterocycles. The molecule has 0 N–H and O–H groups in total. The van der Waals surface area contributed by atoms with E-state index >= 15 is 0 Å². The first kappa shape index (κ1) is 12.8. The molecule has 0 spiro atoms. The summed E-state index contributed by atoms with van der Waals surface area (Å²) in [7, 11) is 0. The fourth-order valence-electron chi connectivity index (χ4n) is 1.28. The zero-order chi connectivity index (χ0) is 10.5. The molecule has 0 aromatic carbocycles. The van der Waals surface area contributed by atoms with Gasteiger partial charge in [0.25, 0.3) is 0 Å². The van der Waals surface area contributed by atoms with Crippen LogP contribution in [-0.2, 0) is 0 Å². The van der Waals surface area contributed by atoms with Crippen LogP contribution in [0.15, 0.2) is 0 Å². The van der Waals surface area contributed by atoms with Crippen molar-refractivity contribution in [2.75, 3.05) is 0 Å². The summed E-state index contributed by atoms with van der Waals surface area (Å²) in [5.74, 6) is 0. The maximum Gasteiger partial charge on any atom is 0.394 e. The molecule has 0 amide bonds. The van der Waals surface area contributed by atoms with E-state index in [1.165, 1.54) is 6.92 Å². The van der Waals surface area contributed by atoms with Gasteiger partial charge in [0.2, 0.25) is 0 Å². The maximum absolute atomic E-state index is 12.5. The molecule has 1 unspecified atom stereocenters. The Kier molecular flexibility index (Phi) is 4.79. The van der Waals surface area contributed by atoms with Crippen LogP contribution in [0, 0.1) is 5.41 Å². The molecule has 13 heavy (non-hydrogen) atoms. The highest BCUT2D eigenvalue weighted by atomic mass is 19.4. The molecular formula is C10H19F3. The molecule has 0 nitrogen and oxygen atoms in total. The summed E-state index contributed by atoms with van der Waals surface area (Å²) >= 11 is 0. The van der Waals surface area contributed by atoms with Crippen molar-refractivity contribution in [3.63, 3.8) is 0 Å². The number of hydrogen-bond donors (Lipinski definition) is 0. The second kappa shape index (κ2) is 4.87. The standard InChI is InChI=1S/C10H19F3/c1-4-6-7-8-9(3,5-2)10(11,12)13/h4-8H2,1-3H3. The lowest BCUT2D eigenvalue weighted by molar-refractivity contribution is -0.221. The Balaban J connectivity index is 4.13. The molecule has 1 atom stereocenters. The lowest BCUT2D eigenvalue weighted by Crippen LogP contribution is -2.34. The van der Waals surface area contributed by atoms with Crippen LogP contribution in [0.1, 0.15) is 52.9 Å². The lowest BCUT2D eigenvalue weighted by atomic mass is 9.81. The van der Waals surface area contributed by atoms with Crippen molar-refractivity contribution in [3.05, 3.63) is 0 Å². The molecule has 0 bridgehead atoms. The topological polar surface area (TPSA) is 0 Å². The van der Waals surface area contributed by atoms with Gasteiger partial charge in [-0.1, -0.05) is 40.0 Å². The minimum absolute atomic E-state index is 0.181. The third-order valence-corrected chi connectivity index (χ3v) is 2.80. The zero-order valence-corrected chi connectivity index (χ0v) is 8.67. The van der Waals surface area contributed by atoms with Crippen molar-refractivity contribution in [2.24, 2.45) is 5.41 Å². The molecule has 3 heteroatoms. The molecule has 0 aliphatic heterocycles. The van der Waals surface area contributed by atoms with Gasteiger partial charge >= 0.3 is 6.18 Å². The third kappa shape index (κ3) is 3.57. The second-order valence-electron chi connectivity index (χ2n) is 3.87. The average Bonchev–Trinajstić information content (AvgIpc) is 2.02. The second-order valence-corrected chi connectivity index (χ2v) is 3.87. The van der Waals surface area contributed by atoms with Gasteiger partial charge in [0.05, 0.1) is 5.41 Å². The minimum Gasteiger partial charge on any atom is -0.171 e. The number of unbranched alkanes of at least 4 members (excludes halogenated alkanes) is 2. The minimum atomic E-state index is -4.05. The molecule has 0 fully saturated rings. The fourth-order valence-corrected chi connectivity index (χ4v) is 1.28. The van der Waals surface area contributed by atoms with Crippen LogP contribution >= 0.6 is 0 Å². The molecule has 0 radical (unpaired) electrons. The molecule has 0 aromatic heterocycles. The van der Waals surface area contributed by atoms with E-state index in [1.54, 1.807) is 6.92 Å². The first-order chi connectivity index (χ1) is 5.87. The highest BCUT2D eigenvalue weighted by Gasteiger charge is 2.48. The molecular weight excluding hydrogens is 177 g/mol. The van der Waals surface area contributed by atoms with Crippen molar-refractivity contribution in [2.45, 2.75) is 59.1 Å². The number of alkyl halides is 3. The smallest absolute Gasteiger partial charge is 0.171 e. The van der Waals surface area contributed by atoms with E-state index in [2.05, 4.69) is 0 Å². The summed E-state index contributed by atoms with van der Waals surface area (Å²) in [6, 6.07) is 0. The predicted octanol–water partition coefficient (Wildman–Crippen LogP) is 4.55. The van der Waals surface area contributed by atoms with E-state index in [4.69, 9.17) is 0 Å². The SMILES string of the molecule is CCCCCC(C)(CC)C(F)(F)F. The van der Waals surface area contributed by atoms with Gasteiger partial charge in [0.15, 0.2) is 0 Å². The number of halogens is 3. The van der Waals surface area contributed by atoms with Crippen LogP contribution in [-0.4, -0.2) is 6.18 Å². The Morgan fingerprint density at radius 1 is 1.00 bits per heavy atom. The van der Waals surface area contributed by atoms with Crippen molar-refractivity contribution in [1.29, 1.82) is 0 Å². The highest BCUT2D eigenvalue weighted by molar-refractivity contribution is 4.80. The van der Waals surface area contributed by atoms with E-state index < -0.39 is 11.6 Å². The molecule has 0 rings (SSSR count). The first-order valence-electron chi connectivity index (χ1n) is 4.94. The monoisotopic (exact) mass is 196 g/mol. The Hall–Kier alpha value is -0.210. The van der Waals surface area contributed by atoms with Crippen LogP contribution in [0.2, 0.25) is 0 Å². The summed E-state index contributed by atoms with van der Waals surface area (Å²) in [4.78, 5) is 0. The van der Waals surface area contributed by atoms with Crippen molar-refractivity contribution < 1.29 is 13.2 Å². The van der Waals surface area contributed by atoms with Crippen LogP contribution in [0.3, 0.4) is 0 Å². The Morgan fingerprint density at radius 3 is 1.85 bits per heavy atom. The van der Waals surface area contributed by atoms with Crippen LogP contribution in [0.4, 0.5) is 13.2 Å².